The van der Waals surface area contributed by atoms with E-state index in [2.05, 4.69) is 87.9 Å². The van der Waals surface area contributed by atoms with Crippen LogP contribution in [-0.2, 0) is 14.1 Å². The van der Waals surface area contributed by atoms with Gasteiger partial charge in [-0.15, -0.1) is 12.4 Å². The molecule has 10 aromatic heterocycles. The minimum atomic E-state index is -0.986. The van der Waals surface area contributed by atoms with Crippen LogP contribution < -0.4 is 24.6 Å². The van der Waals surface area contributed by atoms with Gasteiger partial charge < -0.3 is 34.6 Å². The number of carbonyl (C=O) groups excluding carboxylic acids is 1. The Morgan fingerprint density at radius 2 is 1.00 bits per heavy atom. The number of carboxylic acid groups (broad SMARTS) is 1. The molecule has 4 atom stereocenters. The number of ether oxygens (including phenoxy) is 2. The summed E-state index contributed by atoms with van der Waals surface area (Å²) in [4.78, 5) is 47.5. The standard InChI is InChI=1S/C30H27N9O2.C23H22N8.C7H7NO3.CH4.ClH/c1-36-13-23(12-34-36)21-7-26(29-22(8-31)11-35-39(29)18-21)19-3-5-27(32-9-19)37-14-24-16-38(17-25(24)15-37)30(40)20-4-6-28(41-2)33-10-20;1-29-11-20(10-27-29)16-4-21(23-17(5-24)9-28-31(23)14-16)15-2-3-22(26-8-15)30-12-18-6-25-7-19(18)13-30;1-11-6-3-2-5(4-8-6)7(9)10;;/h3-7,9-13,18,24-25H,14-17H2,1-2H3;2-4,8-11,14,18-19,25H,6-7,12-13H2,1H3;2-4H,1H3,(H,9,10);1H4;1H/t24-,25+;18-,19+;;;. The first-order valence-corrected chi connectivity index (χ1v) is 26.9. The number of aromatic carboxylic acids is 1. The van der Waals surface area contributed by atoms with Gasteiger partial charge in [0.25, 0.3) is 5.91 Å². The number of pyridine rings is 6. The van der Waals surface area contributed by atoms with Crippen molar-refractivity contribution in [1.82, 2.24) is 68.9 Å². The van der Waals surface area contributed by atoms with E-state index in [-0.39, 0.29) is 31.3 Å². The summed E-state index contributed by atoms with van der Waals surface area (Å²) in [5, 5.41) is 48.7. The predicted octanol–water partition coefficient (Wildman–Crippen LogP) is 7.45. The van der Waals surface area contributed by atoms with Crippen LogP contribution in [0.2, 0.25) is 0 Å². The molecule has 432 valence electrons. The molecule has 23 nitrogen and oxygen atoms in total. The van der Waals surface area contributed by atoms with Crippen molar-refractivity contribution in [1.29, 1.82) is 10.5 Å². The minimum Gasteiger partial charge on any atom is -0.481 e. The fourth-order valence-electron chi connectivity index (χ4n) is 11.6. The molecule has 4 aliphatic rings. The van der Waals surface area contributed by atoms with Crippen molar-refractivity contribution in [3.8, 4) is 68.4 Å². The quantitative estimate of drug-likeness (QED) is 0.135. The van der Waals surface area contributed by atoms with Gasteiger partial charge in [0.1, 0.15) is 23.8 Å². The van der Waals surface area contributed by atoms with Crippen LogP contribution in [0.5, 0.6) is 11.8 Å². The van der Waals surface area contributed by atoms with Gasteiger partial charge in [-0.25, -0.2) is 33.8 Å². The van der Waals surface area contributed by atoms with Crippen LogP contribution in [0.25, 0.3) is 55.5 Å². The van der Waals surface area contributed by atoms with Crippen molar-refractivity contribution in [3.05, 3.63) is 157 Å². The normalized spacial score (nSPS) is 17.3. The highest BCUT2D eigenvalue weighted by atomic mass is 35.5. The van der Waals surface area contributed by atoms with Crippen LogP contribution in [0.4, 0.5) is 11.6 Å². The highest BCUT2D eigenvalue weighted by Gasteiger charge is 2.42. The summed E-state index contributed by atoms with van der Waals surface area (Å²) in [6.07, 6.45) is 21.3. The molecule has 0 saturated carbocycles. The van der Waals surface area contributed by atoms with Crippen molar-refractivity contribution in [2.45, 2.75) is 7.43 Å². The van der Waals surface area contributed by atoms with Crippen LogP contribution in [0.15, 0.2) is 135 Å². The molecule has 0 unspecified atom stereocenters. The lowest BCUT2D eigenvalue weighted by atomic mass is 10.0. The van der Waals surface area contributed by atoms with Gasteiger partial charge in [0.05, 0.1) is 72.3 Å². The highest BCUT2D eigenvalue weighted by Crippen LogP contribution is 2.38. The van der Waals surface area contributed by atoms with Crippen LogP contribution in [0.3, 0.4) is 0 Å². The topological polar surface area (TPSA) is 264 Å². The van der Waals surface area contributed by atoms with E-state index in [1.165, 1.54) is 25.4 Å². The Morgan fingerprint density at radius 3 is 1.38 bits per heavy atom. The number of nitrogens with one attached hydrogen (secondary N) is 1. The number of amides is 1. The predicted molar refractivity (Wildman–Crippen MR) is 320 cm³/mol. The molecule has 4 aliphatic heterocycles. The monoisotopic (exact) mass is 1160 g/mol. The average Bonchev–Trinajstić information content (AvgIpc) is 3.11. The lowest BCUT2D eigenvalue weighted by Gasteiger charge is -2.22. The highest BCUT2D eigenvalue weighted by molar-refractivity contribution is 5.94. The zero-order valence-electron chi connectivity index (χ0n) is 46.3. The second-order valence-corrected chi connectivity index (χ2v) is 21.0. The van der Waals surface area contributed by atoms with Crippen molar-refractivity contribution >= 4 is 47.0 Å². The molecule has 4 saturated heterocycles. The summed E-state index contributed by atoms with van der Waals surface area (Å²) in [5.41, 5.74) is 11.0. The summed E-state index contributed by atoms with van der Waals surface area (Å²) in [6, 6.07) is 23.4. The van der Waals surface area contributed by atoms with Gasteiger partial charge in [0, 0.05) is 185 Å². The Balaban J connectivity index is 0.000000161. The van der Waals surface area contributed by atoms with Crippen LogP contribution >= 0.6 is 12.4 Å². The molecule has 0 spiro atoms. The van der Waals surface area contributed by atoms with Gasteiger partial charge in [-0.05, 0) is 60.4 Å². The molecule has 0 bridgehead atoms. The van der Waals surface area contributed by atoms with Crippen LogP contribution in [0.1, 0.15) is 39.3 Å². The number of aryl methyl sites for hydroxylation is 2. The number of nitrogens with zero attached hydrogens (tertiary/aromatic N) is 17. The van der Waals surface area contributed by atoms with E-state index in [1.807, 2.05) is 74.6 Å². The Labute approximate surface area is 495 Å². The number of methoxy groups -OCH3 is 2. The van der Waals surface area contributed by atoms with E-state index >= 15 is 0 Å². The molecule has 24 heteroatoms. The third kappa shape index (κ3) is 11.8. The van der Waals surface area contributed by atoms with E-state index in [4.69, 9.17) is 24.5 Å². The van der Waals surface area contributed by atoms with E-state index in [9.17, 15) is 20.1 Å². The van der Waals surface area contributed by atoms with Gasteiger partial charge in [-0.2, -0.15) is 30.9 Å². The fourth-order valence-corrected chi connectivity index (χ4v) is 11.6. The van der Waals surface area contributed by atoms with Crippen LogP contribution in [-0.4, -0.2) is 147 Å². The van der Waals surface area contributed by atoms with Crippen molar-refractivity contribution < 1.29 is 24.2 Å². The number of anilines is 2. The molecule has 10 aromatic rings. The van der Waals surface area contributed by atoms with Crippen LogP contribution in [0, 0.1) is 46.3 Å². The second kappa shape index (κ2) is 24.7. The number of carboxylic acids is 1. The van der Waals surface area contributed by atoms with Gasteiger partial charge >= 0.3 is 5.97 Å². The third-order valence-corrected chi connectivity index (χ3v) is 15.9. The first-order chi connectivity index (χ1) is 40.4. The van der Waals surface area contributed by atoms with Gasteiger partial charge in [0.15, 0.2) is 0 Å². The Bertz CT molecular complexity index is 4080. The van der Waals surface area contributed by atoms with E-state index in [0.717, 1.165) is 131 Å². The molecule has 14 rings (SSSR count). The van der Waals surface area contributed by atoms with Crippen molar-refractivity contribution in [3.63, 3.8) is 0 Å². The van der Waals surface area contributed by atoms with E-state index in [0.29, 0.717) is 40.3 Å². The summed E-state index contributed by atoms with van der Waals surface area (Å²) in [7, 11) is 6.82. The van der Waals surface area contributed by atoms with Gasteiger partial charge in [0.2, 0.25) is 11.8 Å². The first kappa shape index (κ1) is 58.0. The molecule has 14 heterocycles. The molecule has 0 aliphatic carbocycles. The number of carbonyl (C=O) groups is 2. The number of rotatable bonds is 10. The zero-order chi connectivity index (χ0) is 57.3. The smallest absolute Gasteiger partial charge is 0.337 e. The fraction of sp³-hybridized carbons (Fsp3) is 0.279. The Hall–Kier alpha value is -10.2. The number of hydrogen-bond donors (Lipinski definition) is 2. The Kier molecular flexibility index (Phi) is 16.8. The maximum atomic E-state index is 13.0. The lowest BCUT2D eigenvalue weighted by molar-refractivity contribution is 0.0695. The molecular formula is C61H61ClN18O5. The average molecular weight is 1160 g/mol. The number of likely N-dealkylation sites (tertiary alicyclic amines) is 1. The molecule has 85 heavy (non-hydrogen) atoms. The van der Waals surface area contributed by atoms with Crippen molar-refractivity contribution in [2.75, 3.05) is 76.4 Å². The second-order valence-electron chi connectivity index (χ2n) is 21.0. The molecule has 4 fully saturated rings. The number of nitriles is 2. The number of halogens is 1. The SMILES string of the molecule is C.COc1ccc(C(=O)N2C[C@@H]3CN(c4ccc(-c5cc(-c6cnn(C)c6)cn6ncc(C#N)c56)cn4)C[C@@H]3C2)cn1.COc1ccc(C(=O)O)cn1.Cl.Cn1cc(-c2cc(-c3ccc(N4C[C@H]5CNC[C@H]5C4)nc3)c3c(C#N)cnn3c2)cn1. The number of aromatic nitrogens is 12. The third-order valence-electron chi connectivity index (χ3n) is 15.9. The first-order valence-electron chi connectivity index (χ1n) is 26.9. The van der Waals surface area contributed by atoms with E-state index in [1.54, 1.807) is 56.2 Å². The molecule has 1 amide bonds. The summed E-state index contributed by atoms with van der Waals surface area (Å²) in [6.45, 7) is 7.49. The molecular weight excluding hydrogens is 1100 g/mol. The summed E-state index contributed by atoms with van der Waals surface area (Å²) >= 11 is 0. The van der Waals surface area contributed by atoms with Crippen molar-refractivity contribution in [2.24, 2.45) is 37.8 Å². The molecule has 0 radical (unpaired) electrons. The molecule has 0 aromatic carbocycles. The summed E-state index contributed by atoms with van der Waals surface area (Å²) in [5.74, 6) is 4.11. The minimum absolute atomic E-state index is 0. The number of hydrogen-bond acceptors (Lipinski definition) is 17. The Morgan fingerprint density at radius 1 is 0.541 bits per heavy atom. The van der Waals surface area contributed by atoms with Gasteiger partial charge in [-0.3, -0.25) is 14.2 Å². The molecule has 2 N–H and O–H groups in total. The van der Waals surface area contributed by atoms with E-state index < -0.39 is 5.97 Å². The maximum Gasteiger partial charge on any atom is 0.337 e. The zero-order valence-corrected chi connectivity index (χ0v) is 47.1. The lowest BCUT2D eigenvalue weighted by Crippen LogP contribution is -2.33. The van der Waals surface area contributed by atoms with Gasteiger partial charge in [-0.1, -0.05) is 7.43 Å². The largest absolute Gasteiger partial charge is 0.481 e. The maximum absolute atomic E-state index is 13.0. The number of fused-ring (bicyclic) bond motifs is 4. The summed E-state index contributed by atoms with van der Waals surface area (Å²) < 4.78 is 16.9.